The molecule has 3 aliphatic heterocycles. The van der Waals surface area contributed by atoms with Crippen molar-refractivity contribution in [2.24, 2.45) is 0 Å². The Morgan fingerprint density at radius 1 is 0.402 bits per heavy atom. The van der Waals surface area contributed by atoms with E-state index in [0.717, 1.165) is 38.5 Å². The molecule has 17 atom stereocenters. The molecule has 3 fully saturated rings. The Morgan fingerprint density at radius 2 is 0.773 bits per heavy atom. The number of nitrogens with one attached hydrogen (secondary N) is 2. The molecule has 12 N–H and O–H groups in total. The van der Waals surface area contributed by atoms with Gasteiger partial charge in [-0.3, -0.25) is 23.7 Å². The van der Waals surface area contributed by atoms with Crippen LogP contribution >= 0.6 is 7.60 Å². The number of carbonyl (C=O) groups is 4. The van der Waals surface area contributed by atoms with Crippen molar-refractivity contribution in [1.82, 2.24) is 10.6 Å². The Bertz CT molecular complexity index is 2070. The van der Waals surface area contributed by atoms with Gasteiger partial charge in [-0.05, 0) is 32.1 Å². The van der Waals surface area contributed by atoms with Crippen LogP contribution in [0.5, 0.6) is 0 Å². The highest BCUT2D eigenvalue weighted by atomic mass is 31.2. The lowest BCUT2D eigenvalue weighted by Crippen LogP contribution is -2.66. The van der Waals surface area contributed by atoms with Crippen LogP contribution in [-0.2, 0) is 70.7 Å². The van der Waals surface area contributed by atoms with Crippen LogP contribution in [0.25, 0.3) is 0 Å². The average molecular weight is 1420 g/mol. The van der Waals surface area contributed by atoms with E-state index in [0.29, 0.717) is 25.7 Å². The molecule has 0 saturated carbocycles. The molecule has 0 aromatic carbocycles. The van der Waals surface area contributed by atoms with Crippen LogP contribution < -0.4 is 10.6 Å². The highest BCUT2D eigenvalue weighted by Gasteiger charge is 2.53. The zero-order valence-electron chi connectivity index (χ0n) is 58.8. The molecule has 0 aromatic rings. The summed E-state index contributed by atoms with van der Waals surface area (Å²) in [5.41, 5.74) is 0. The summed E-state index contributed by atoms with van der Waals surface area (Å²) in [6.07, 6.45) is 11.4. The van der Waals surface area contributed by atoms with Gasteiger partial charge in [0.05, 0.1) is 39.6 Å². The molecule has 27 nitrogen and oxygen atoms in total. The van der Waals surface area contributed by atoms with E-state index in [-0.39, 0.29) is 83.4 Å². The topological polar surface area (TPSA) is 404 Å². The number of unbranched alkanes of at least 4 members (excludes halogenated alkanes) is 29. The van der Waals surface area contributed by atoms with Crippen molar-refractivity contribution in [3.63, 3.8) is 0 Å². The first kappa shape index (κ1) is 88.6. The van der Waals surface area contributed by atoms with Crippen LogP contribution in [0.1, 0.15) is 251 Å². The molecule has 0 aliphatic carbocycles. The zero-order chi connectivity index (χ0) is 71.1. The van der Waals surface area contributed by atoms with E-state index < -0.39 is 138 Å². The molecular formula is C69H129N2O25P. The van der Waals surface area contributed by atoms with Gasteiger partial charge in [0.15, 0.2) is 25.0 Å². The predicted octanol–water partition coefficient (Wildman–Crippen LogP) is 6.47. The zero-order valence-corrected chi connectivity index (χ0v) is 59.7. The van der Waals surface area contributed by atoms with Gasteiger partial charge < -0.3 is 109 Å². The van der Waals surface area contributed by atoms with Gasteiger partial charge in [0.25, 0.3) is 0 Å². The monoisotopic (exact) mass is 1420 g/mol. The summed E-state index contributed by atoms with van der Waals surface area (Å²) in [4.78, 5) is 51.0. The second-order valence-electron chi connectivity index (χ2n) is 26.5. The normalized spacial score (nSPS) is 26.9. The molecule has 3 heterocycles. The summed E-state index contributed by atoms with van der Waals surface area (Å²) in [5, 5.41) is 110. The molecule has 0 radical (unpaired) electrons. The van der Waals surface area contributed by atoms with Gasteiger partial charge in [-0.15, -0.1) is 0 Å². The Labute approximate surface area is 577 Å². The van der Waals surface area contributed by atoms with Gasteiger partial charge in [0.1, 0.15) is 79.9 Å². The van der Waals surface area contributed by atoms with Crippen LogP contribution in [-0.4, -0.2) is 239 Å². The predicted molar refractivity (Wildman–Crippen MR) is 359 cm³/mol. The fourth-order valence-corrected chi connectivity index (χ4v) is 12.9. The minimum absolute atomic E-state index is 0.0164. The van der Waals surface area contributed by atoms with Crippen molar-refractivity contribution in [2.75, 3.05) is 66.0 Å². The van der Waals surface area contributed by atoms with Crippen molar-refractivity contribution < 1.29 is 122 Å². The number of ether oxygens (including phenoxy) is 8. The maximum absolute atomic E-state index is 13.3. The van der Waals surface area contributed by atoms with Gasteiger partial charge in [-0.2, -0.15) is 0 Å². The molecule has 2 amide bonds. The minimum Gasteiger partial charge on any atom is -0.462 e. The standard InChI is InChI=1S/C69H129N2O25P/c1-4-6-8-10-12-14-16-18-20-22-24-26-28-30-32-39-56(77)88-48-50(91-57(78)40-33-31-29-27-25-23-21-19-17-15-13-11-9-7-5-2)49-90-97(3,86)89-44-42-71-55(76)38-35-34-37-54(75)70-41-36-43-87-67-63(84)60(81)65(52(46-73)93-67)96-69-64(85)61(82)66(53(47-74)94-69)95-68-62(83)59(80)58(79)51(45-72)92-68/h50-53,58-69,72-74,79-85H,4-49H2,1-3H3,(H,70,75)(H,71,76)/t50-,51?,52?,53?,58+,59+,60-,61-,62?,63?,64?,65-,66+,67-,68-,69+,97?/m1/s1. The van der Waals surface area contributed by atoms with Crippen molar-refractivity contribution in [1.29, 1.82) is 0 Å². The lowest BCUT2D eigenvalue weighted by Gasteiger charge is -2.48. The number of aliphatic hydroxyl groups excluding tert-OH is 10. The van der Waals surface area contributed by atoms with Crippen LogP contribution in [0, 0.1) is 0 Å². The van der Waals surface area contributed by atoms with Gasteiger partial charge in [-0.25, -0.2) is 0 Å². The fourth-order valence-electron chi connectivity index (χ4n) is 12.0. The van der Waals surface area contributed by atoms with E-state index in [4.69, 9.17) is 46.9 Å². The van der Waals surface area contributed by atoms with Crippen molar-refractivity contribution in [3.8, 4) is 0 Å². The quantitative estimate of drug-likeness (QED) is 0.0176. The molecule has 28 heteroatoms. The number of hydrogen-bond donors (Lipinski definition) is 12. The van der Waals surface area contributed by atoms with Gasteiger partial charge in [-0.1, -0.05) is 194 Å². The molecule has 570 valence electrons. The number of esters is 2. The van der Waals surface area contributed by atoms with Crippen LogP contribution in [0.4, 0.5) is 0 Å². The Kier molecular flexibility index (Phi) is 49.4. The van der Waals surface area contributed by atoms with E-state index >= 15 is 0 Å². The first-order valence-electron chi connectivity index (χ1n) is 37.0. The third-order valence-electron chi connectivity index (χ3n) is 18.0. The van der Waals surface area contributed by atoms with Crippen molar-refractivity contribution in [3.05, 3.63) is 0 Å². The fraction of sp³-hybridized carbons (Fsp3) is 0.942. The number of hydrogen-bond acceptors (Lipinski definition) is 25. The lowest BCUT2D eigenvalue weighted by atomic mass is 9.96. The van der Waals surface area contributed by atoms with Gasteiger partial charge in [0, 0.05) is 45.4 Å². The van der Waals surface area contributed by atoms with Crippen LogP contribution in [0.3, 0.4) is 0 Å². The lowest BCUT2D eigenvalue weighted by molar-refractivity contribution is -0.379. The SMILES string of the molecule is CCCCCCCCCCCCCCCCCC(=O)OC[C@H](COP(C)(=O)OCCNC(=O)CCCCC(=O)NCCCO[C@@H]1OC(CO)[C@@H](O[C@@H]2OC(CO)[C@H](O[C@H]3OC(CO)[C@H](O)[C@H](O)C3O)[C@H](O)C2O)[C@H](O)C1O)OC(=O)CCCCCCCCCCCCCCCCC. The first-order chi connectivity index (χ1) is 46.8. The summed E-state index contributed by atoms with van der Waals surface area (Å²) >= 11 is 0. The second kappa shape index (κ2) is 54.1. The third kappa shape index (κ3) is 37.9. The molecule has 3 aliphatic rings. The molecule has 0 spiro atoms. The van der Waals surface area contributed by atoms with E-state index in [1.807, 2.05) is 0 Å². The largest absolute Gasteiger partial charge is 0.462 e. The van der Waals surface area contributed by atoms with Gasteiger partial charge in [0.2, 0.25) is 11.8 Å². The highest BCUT2D eigenvalue weighted by molar-refractivity contribution is 7.52. The maximum Gasteiger partial charge on any atom is 0.327 e. The summed E-state index contributed by atoms with van der Waals surface area (Å²) in [5.74, 6) is -1.47. The second-order valence-corrected chi connectivity index (χ2v) is 28.6. The smallest absolute Gasteiger partial charge is 0.327 e. The van der Waals surface area contributed by atoms with Crippen molar-refractivity contribution >= 4 is 31.3 Å². The van der Waals surface area contributed by atoms with Crippen LogP contribution in [0.2, 0.25) is 0 Å². The Balaban J connectivity index is 1.31. The molecule has 0 aromatic heterocycles. The Morgan fingerprint density at radius 3 is 1.22 bits per heavy atom. The number of amides is 2. The molecule has 0 bridgehead atoms. The average Bonchev–Trinajstić information content (AvgIpc) is 0.784. The van der Waals surface area contributed by atoms with E-state index in [1.165, 1.54) is 148 Å². The molecular weight excluding hydrogens is 1290 g/mol. The van der Waals surface area contributed by atoms with E-state index in [9.17, 15) is 74.8 Å². The first-order valence-corrected chi connectivity index (χ1v) is 39.0. The molecule has 3 rings (SSSR count). The molecule has 7 unspecified atom stereocenters. The maximum atomic E-state index is 13.3. The van der Waals surface area contributed by atoms with E-state index in [1.54, 1.807) is 0 Å². The van der Waals surface area contributed by atoms with Crippen LogP contribution in [0.15, 0.2) is 0 Å². The number of rotatable bonds is 59. The molecule has 3 saturated heterocycles. The minimum atomic E-state index is -3.71. The Hall–Kier alpha value is -2.61. The van der Waals surface area contributed by atoms with E-state index in [2.05, 4.69) is 24.5 Å². The summed E-state index contributed by atoms with van der Waals surface area (Å²) in [7, 11) is -3.71. The third-order valence-corrected chi connectivity index (χ3v) is 19.3. The summed E-state index contributed by atoms with van der Waals surface area (Å²) in [6.45, 7) is 2.68. The summed E-state index contributed by atoms with van der Waals surface area (Å²) in [6, 6.07) is 0. The van der Waals surface area contributed by atoms with Crippen molar-refractivity contribution in [2.45, 2.75) is 350 Å². The van der Waals surface area contributed by atoms with Gasteiger partial charge >= 0.3 is 19.5 Å². The number of carbonyl (C=O) groups excluding carboxylic acids is 4. The molecule has 97 heavy (non-hydrogen) atoms. The summed E-state index contributed by atoms with van der Waals surface area (Å²) < 4.78 is 69.2. The highest BCUT2D eigenvalue weighted by Crippen LogP contribution is 2.44. The number of aliphatic hydroxyl groups is 10.